The Balaban J connectivity index is 1.46. The second kappa shape index (κ2) is 7.22. The summed E-state index contributed by atoms with van der Waals surface area (Å²) in [7, 11) is 0. The molecule has 1 N–H and O–H groups in total. The molecular formula is C16H23N5. The summed E-state index contributed by atoms with van der Waals surface area (Å²) in [6, 6.07) is 8.75. The molecule has 1 fully saturated rings. The van der Waals surface area contributed by atoms with E-state index in [2.05, 4.69) is 44.8 Å². The average molecular weight is 285 g/mol. The maximum Gasteiger partial charge on any atom is 0.0692 e. The molecule has 112 valence electrons. The number of aryl methyl sites for hydroxylation is 1. The first-order valence-electron chi connectivity index (χ1n) is 7.81. The second-order valence-corrected chi connectivity index (χ2v) is 5.52. The Bertz CT molecular complexity index is 531. The summed E-state index contributed by atoms with van der Waals surface area (Å²) < 4.78 is 1.87. The Morgan fingerprint density at radius 3 is 2.81 bits per heavy atom. The Hall–Kier alpha value is -1.88. The van der Waals surface area contributed by atoms with Gasteiger partial charge in [-0.3, -0.25) is 4.68 Å². The zero-order valence-corrected chi connectivity index (χ0v) is 12.4. The number of nitrogens with zero attached hydrogens (tertiary/aromatic N) is 4. The minimum atomic E-state index is 0.917. The van der Waals surface area contributed by atoms with E-state index in [9.17, 15) is 0 Å². The molecule has 5 heteroatoms. The van der Waals surface area contributed by atoms with Gasteiger partial charge >= 0.3 is 0 Å². The highest BCUT2D eigenvalue weighted by atomic mass is 15.4. The molecule has 0 amide bonds. The fourth-order valence-corrected chi connectivity index (χ4v) is 2.87. The van der Waals surface area contributed by atoms with Crippen LogP contribution < -0.4 is 10.2 Å². The molecule has 0 saturated carbocycles. The number of rotatable bonds is 7. The summed E-state index contributed by atoms with van der Waals surface area (Å²) in [5.41, 5.74) is 2.80. The first kappa shape index (κ1) is 14.1. The Morgan fingerprint density at radius 1 is 1.14 bits per heavy atom. The van der Waals surface area contributed by atoms with Crippen molar-refractivity contribution >= 4 is 5.69 Å². The molecule has 21 heavy (non-hydrogen) atoms. The van der Waals surface area contributed by atoms with Gasteiger partial charge in [0, 0.05) is 38.1 Å². The van der Waals surface area contributed by atoms with E-state index in [4.69, 9.17) is 0 Å². The van der Waals surface area contributed by atoms with Gasteiger partial charge in [0.25, 0.3) is 0 Å². The van der Waals surface area contributed by atoms with E-state index in [0.717, 1.165) is 26.1 Å². The van der Waals surface area contributed by atoms with Crippen LogP contribution in [0, 0.1) is 0 Å². The molecule has 0 bridgehead atoms. The van der Waals surface area contributed by atoms with Gasteiger partial charge in [-0.1, -0.05) is 23.4 Å². The predicted octanol–water partition coefficient (Wildman–Crippen LogP) is 2.06. The van der Waals surface area contributed by atoms with Crippen LogP contribution >= 0.6 is 0 Å². The van der Waals surface area contributed by atoms with E-state index in [-0.39, 0.29) is 0 Å². The lowest BCUT2D eigenvalue weighted by Crippen LogP contribution is -2.22. The highest BCUT2D eigenvalue weighted by Gasteiger charge is 2.14. The molecule has 3 rings (SSSR count). The molecule has 2 aromatic rings. The van der Waals surface area contributed by atoms with Crippen LogP contribution in [0.3, 0.4) is 0 Å². The summed E-state index contributed by atoms with van der Waals surface area (Å²) in [5.74, 6) is 0. The molecule has 1 aromatic heterocycles. The van der Waals surface area contributed by atoms with E-state index in [0.29, 0.717) is 0 Å². The molecule has 0 unspecified atom stereocenters. The monoisotopic (exact) mass is 285 g/mol. The van der Waals surface area contributed by atoms with E-state index in [1.165, 1.54) is 37.2 Å². The van der Waals surface area contributed by atoms with Gasteiger partial charge in [0.15, 0.2) is 0 Å². The first-order chi connectivity index (χ1) is 10.4. The normalized spacial score (nSPS) is 14.8. The molecule has 0 aliphatic carbocycles. The SMILES string of the molecule is c1ccc(N2CCCC2)c(CNCCCn2ccnn2)c1. The number of para-hydroxylation sites is 1. The van der Waals surface area contributed by atoms with Crippen molar-refractivity contribution in [2.24, 2.45) is 0 Å². The zero-order chi connectivity index (χ0) is 14.3. The number of nitrogens with one attached hydrogen (secondary N) is 1. The minimum Gasteiger partial charge on any atom is -0.371 e. The van der Waals surface area contributed by atoms with Crippen molar-refractivity contribution in [2.75, 3.05) is 24.5 Å². The van der Waals surface area contributed by atoms with Crippen LogP contribution in [-0.4, -0.2) is 34.6 Å². The topological polar surface area (TPSA) is 46.0 Å². The summed E-state index contributed by atoms with van der Waals surface area (Å²) in [6.45, 7) is 5.24. The highest BCUT2D eigenvalue weighted by molar-refractivity contribution is 5.54. The van der Waals surface area contributed by atoms with Crippen LogP contribution in [0.1, 0.15) is 24.8 Å². The van der Waals surface area contributed by atoms with Crippen LogP contribution in [0.25, 0.3) is 0 Å². The van der Waals surface area contributed by atoms with E-state index in [1.54, 1.807) is 6.20 Å². The number of aromatic nitrogens is 3. The molecule has 1 saturated heterocycles. The zero-order valence-electron chi connectivity index (χ0n) is 12.4. The quantitative estimate of drug-likeness (QED) is 0.791. The predicted molar refractivity (Wildman–Crippen MR) is 84.2 cm³/mol. The largest absolute Gasteiger partial charge is 0.371 e. The molecule has 1 aliphatic rings. The van der Waals surface area contributed by atoms with Crippen LogP contribution in [0.2, 0.25) is 0 Å². The summed E-state index contributed by atoms with van der Waals surface area (Å²) in [5, 5.41) is 11.3. The Morgan fingerprint density at radius 2 is 2.00 bits per heavy atom. The van der Waals surface area contributed by atoms with E-state index >= 15 is 0 Å². The van der Waals surface area contributed by atoms with Crippen LogP contribution in [-0.2, 0) is 13.1 Å². The molecule has 0 atom stereocenters. The first-order valence-corrected chi connectivity index (χ1v) is 7.81. The van der Waals surface area contributed by atoms with Crippen LogP contribution in [0.5, 0.6) is 0 Å². The fraction of sp³-hybridized carbons (Fsp3) is 0.500. The highest BCUT2D eigenvalue weighted by Crippen LogP contribution is 2.24. The van der Waals surface area contributed by atoms with Crippen molar-refractivity contribution in [3.63, 3.8) is 0 Å². The van der Waals surface area contributed by atoms with Gasteiger partial charge in [0.05, 0.1) is 6.20 Å². The molecule has 2 heterocycles. The van der Waals surface area contributed by atoms with Crippen molar-refractivity contribution in [1.29, 1.82) is 0 Å². The van der Waals surface area contributed by atoms with Gasteiger partial charge in [-0.05, 0) is 37.4 Å². The number of hydrogen-bond acceptors (Lipinski definition) is 4. The molecule has 1 aliphatic heterocycles. The summed E-state index contributed by atoms with van der Waals surface area (Å²) in [6.07, 6.45) is 7.33. The van der Waals surface area contributed by atoms with Crippen molar-refractivity contribution in [2.45, 2.75) is 32.4 Å². The number of hydrogen-bond donors (Lipinski definition) is 1. The van der Waals surface area contributed by atoms with Crippen molar-refractivity contribution in [3.8, 4) is 0 Å². The van der Waals surface area contributed by atoms with Crippen molar-refractivity contribution in [3.05, 3.63) is 42.2 Å². The van der Waals surface area contributed by atoms with Gasteiger partial charge in [0.2, 0.25) is 0 Å². The second-order valence-electron chi connectivity index (χ2n) is 5.52. The van der Waals surface area contributed by atoms with Gasteiger partial charge in [-0.15, -0.1) is 5.10 Å². The molecular weight excluding hydrogens is 262 g/mol. The van der Waals surface area contributed by atoms with Crippen molar-refractivity contribution < 1.29 is 0 Å². The van der Waals surface area contributed by atoms with Gasteiger partial charge in [-0.25, -0.2) is 0 Å². The van der Waals surface area contributed by atoms with Gasteiger partial charge in [-0.2, -0.15) is 0 Å². The Kier molecular flexibility index (Phi) is 4.84. The summed E-state index contributed by atoms with van der Waals surface area (Å²) in [4.78, 5) is 2.51. The molecule has 0 spiro atoms. The molecule has 0 radical (unpaired) electrons. The lowest BCUT2D eigenvalue weighted by Gasteiger charge is -2.21. The molecule has 5 nitrogen and oxygen atoms in total. The van der Waals surface area contributed by atoms with Gasteiger partial charge < -0.3 is 10.2 Å². The smallest absolute Gasteiger partial charge is 0.0692 e. The standard InChI is InChI=1S/C16H23N5/c1-2-7-16(20-10-3-4-11-20)15(6-1)14-17-8-5-12-21-13-9-18-19-21/h1-2,6-7,9,13,17H,3-5,8,10-12,14H2. The van der Waals surface area contributed by atoms with E-state index < -0.39 is 0 Å². The summed E-state index contributed by atoms with van der Waals surface area (Å²) >= 11 is 0. The number of anilines is 1. The third-order valence-electron chi connectivity index (χ3n) is 3.97. The van der Waals surface area contributed by atoms with Crippen LogP contribution in [0.4, 0.5) is 5.69 Å². The lowest BCUT2D eigenvalue weighted by atomic mass is 10.1. The molecule has 1 aromatic carbocycles. The van der Waals surface area contributed by atoms with Crippen molar-refractivity contribution in [1.82, 2.24) is 20.3 Å². The van der Waals surface area contributed by atoms with Crippen LogP contribution in [0.15, 0.2) is 36.7 Å². The fourth-order valence-electron chi connectivity index (χ4n) is 2.87. The Labute approximate surface area is 126 Å². The third-order valence-corrected chi connectivity index (χ3v) is 3.97. The lowest BCUT2D eigenvalue weighted by molar-refractivity contribution is 0.530. The maximum absolute atomic E-state index is 3.97. The minimum absolute atomic E-state index is 0.917. The average Bonchev–Trinajstić information content (AvgIpc) is 3.21. The maximum atomic E-state index is 3.97. The van der Waals surface area contributed by atoms with Gasteiger partial charge in [0.1, 0.15) is 0 Å². The van der Waals surface area contributed by atoms with E-state index in [1.807, 2.05) is 10.9 Å². The third kappa shape index (κ3) is 3.82. The number of benzene rings is 1.